The average Bonchev–Trinajstić information content (AvgIpc) is 2.66. The summed E-state index contributed by atoms with van der Waals surface area (Å²) in [6.45, 7) is 2.08. The van der Waals surface area contributed by atoms with E-state index in [1.807, 2.05) is 13.0 Å². The Labute approximate surface area is 169 Å². The summed E-state index contributed by atoms with van der Waals surface area (Å²) >= 11 is 0. The van der Waals surface area contributed by atoms with E-state index in [0.29, 0.717) is 30.1 Å². The van der Waals surface area contributed by atoms with E-state index in [9.17, 15) is 8.42 Å². The largest absolute Gasteiger partial charge is 0.495 e. The molecule has 154 valence electrons. The van der Waals surface area contributed by atoms with Crippen molar-refractivity contribution in [3.63, 3.8) is 0 Å². The molecule has 2 aromatic carbocycles. The summed E-state index contributed by atoms with van der Waals surface area (Å²) in [5.41, 5.74) is 0.679. The van der Waals surface area contributed by atoms with Gasteiger partial charge >= 0.3 is 0 Å². The summed E-state index contributed by atoms with van der Waals surface area (Å²) in [4.78, 5) is -0.103. The number of hydrogen-bond donors (Lipinski definition) is 2. The highest BCUT2D eigenvalue weighted by molar-refractivity contribution is 7.89. The van der Waals surface area contributed by atoms with Crippen LogP contribution in [-0.4, -0.2) is 41.3 Å². The van der Waals surface area contributed by atoms with Crippen molar-refractivity contribution in [1.82, 2.24) is 5.32 Å². The molecule has 0 unspecified atom stereocenters. The SMILES string of the molecule is [2H]C([2H])(COc1ccccc1OCC)N[C@H](C)Cc1ccc(OC)c(S(N)(=O)=O)c1. The number of hydrogen-bond acceptors (Lipinski definition) is 6. The molecule has 0 aromatic heterocycles. The number of nitrogens with one attached hydrogen (secondary N) is 1. The van der Waals surface area contributed by atoms with Crippen LogP contribution < -0.4 is 24.7 Å². The molecule has 3 N–H and O–H groups in total. The first-order valence-corrected chi connectivity index (χ1v) is 10.4. The van der Waals surface area contributed by atoms with Crippen molar-refractivity contribution < 1.29 is 25.4 Å². The molecule has 8 heteroatoms. The zero-order valence-electron chi connectivity index (χ0n) is 18.3. The molecule has 0 amide bonds. The van der Waals surface area contributed by atoms with Gasteiger partial charge in [0, 0.05) is 15.3 Å². The van der Waals surface area contributed by atoms with Crippen LogP contribution in [0.3, 0.4) is 0 Å². The molecule has 0 saturated carbocycles. The minimum Gasteiger partial charge on any atom is -0.495 e. The molecule has 0 aliphatic carbocycles. The molecule has 0 aliphatic heterocycles. The van der Waals surface area contributed by atoms with E-state index >= 15 is 0 Å². The number of rotatable bonds is 11. The van der Waals surface area contributed by atoms with Crippen LogP contribution >= 0.6 is 0 Å². The van der Waals surface area contributed by atoms with E-state index in [0.717, 1.165) is 0 Å². The molecule has 2 aromatic rings. The van der Waals surface area contributed by atoms with Gasteiger partial charge in [-0.15, -0.1) is 0 Å². The maximum atomic E-state index is 11.8. The Balaban J connectivity index is 2.02. The molecule has 0 aliphatic rings. The van der Waals surface area contributed by atoms with Crippen molar-refractivity contribution in [2.45, 2.75) is 31.2 Å². The number of benzene rings is 2. The second-order valence-electron chi connectivity index (χ2n) is 6.12. The topological polar surface area (TPSA) is 99.9 Å². The third kappa shape index (κ3) is 6.40. The molecular weight excluding hydrogens is 380 g/mol. The predicted octanol–water partition coefficient (Wildman–Crippen LogP) is 2.34. The molecule has 0 bridgehead atoms. The van der Waals surface area contributed by atoms with Gasteiger partial charge in [0.05, 0.1) is 13.7 Å². The van der Waals surface area contributed by atoms with Crippen molar-refractivity contribution in [1.29, 1.82) is 0 Å². The minimum absolute atomic E-state index is 0.103. The van der Waals surface area contributed by atoms with Gasteiger partial charge in [-0.1, -0.05) is 18.2 Å². The molecule has 7 nitrogen and oxygen atoms in total. The molecule has 0 heterocycles. The van der Waals surface area contributed by atoms with Crippen molar-refractivity contribution in [2.75, 3.05) is 26.8 Å². The smallest absolute Gasteiger partial charge is 0.241 e. The van der Waals surface area contributed by atoms with Crippen molar-refractivity contribution in [2.24, 2.45) is 5.14 Å². The number of para-hydroxylation sites is 2. The van der Waals surface area contributed by atoms with Crippen LogP contribution in [0.4, 0.5) is 0 Å². The Morgan fingerprint density at radius 1 is 1.14 bits per heavy atom. The van der Waals surface area contributed by atoms with Gasteiger partial charge in [0.2, 0.25) is 10.0 Å². The fraction of sp³-hybridized carbons (Fsp3) is 0.400. The van der Waals surface area contributed by atoms with Gasteiger partial charge in [-0.05, 0) is 50.1 Å². The second-order valence-corrected chi connectivity index (χ2v) is 7.65. The summed E-state index contributed by atoms with van der Waals surface area (Å²) in [6, 6.07) is 11.5. The molecule has 0 saturated heterocycles. The van der Waals surface area contributed by atoms with Crippen molar-refractivity contribution in [3.05, 3.63) is 48.0 Å². The number of nitrogens with two attached hydrogens (primary N) is 1. The van der Waals surface area contributed by atoms with Gasteiger partial charge in [-0.25, -0.2) is 13.6 Å². The molecular formula is C20H28N2O5S. The van der Waals surface area contributed by atoms with Crippen LogP contribution in [0.15, 0.2) is 47.4 Å². The standard InChI is InChI=1S/C20H28N2O5S/c1-4-26-17-7-5-6-8-18(17)27-12-11-22-15(2)13-16-9-10-19(25-3)20(14-16)28(21,23)24/h5-10,14-15,22H,4,11-13H2,1-3H3,(H2,21,23,24)/t15-/m1/s1/i11D2. The highest BCUT2D eigenvalue weighted by Crippen LogP contribution is 2.26. The first-order chi connectivity index (χ1) is 14.1. The van der Waals surface area contributed by atoms with E-state index in [1.54, 1.807) is 31.2 Å². The fourth-order valence-electron chi connectivity index (χ4n) is 2.65. The van der Waals surface area contributed by atoms with Gasteiger partial charge in [0.15, 0.2) is 11.5 Å². The van der Waals surface area contributed by atoms with Gasteiger partial charge in [0.25, 0.3) is 0 Å². The van der Waals surface area contributed by atoms with Crippen molar-refractivity contribution in [3.8, 4) is 17.2 Å². The van der Waals surface area contributed by atoms with Crippen LogP contribution in [0.5, 0.6) is 17.2 Å². The van der Waals surface area contributed by atoms with E-state index < -0.39 is 16.5 Å². The summed E-state index contributed by atoms with van der Waals surface area (Å²) < 4.78 is 56.1. The maximum Gasteiger partial charge on any atom is 0.241 e. The first kappa shape index (κ1) is 19.0. The summed E-state index contributed by atoms with van der Waals surface area (Å²) in [5, 5.41) is 8.12. The van der Waals surface area contributed by atoms with Crippen LogP contribution in [0.2, 0.25) is 0 Å². The van der Waals surface area contributed by atoms with E-state index in [-0.39, 0.29) is 23.3 Å². The molecule has 1 atom stereocenters. The van der Waals surface area contributed by atoms with Crippen LogP contribution in [-0.2, 0) is 16.4 Å². The van der Waals surface area contributed by atoms with Gasteiger partial charge in [0.1, 0.15) is 17.3 Å². The fourth-order valence-corrected chi connectivity index (χ4v) is 3.40. The highest BCUT2D eigenvalue weighted by Gasteiger charge is 2.16. The molecule has 0 spiro atoms. The zero-order chi connectivity index (χ0) is 22.4. The van der Waals surface area contributed by atoms with Gasteiger partial charge < -0.3 is 19.5 Å². The zero-order valence-corrected chi connectivity index (χ0v) is 17.1. The maximum absolute atomic E-state index is 11.8. The second kappa shape index (κ2) is 10.3. The normalized spacial score (nSPS) is 14.0. The number of ether oxygens (including phenoxy) is 3. The quantitative estimate of drug-likeness (QED) is 0.590. The van der Waals surface area contributed by atoms with Gasteiger partial charge in [-0.3, -0.25) is 0 Å². The number of methoxy groups -OCH3 is 1. The lowest BCUT2D eigenvalue weighted by Gasteiger charge is -2.16. The predicted molar refractivity (Wildman–Crippen MR) is 109 cm³/mol. The molecule has 2 rings (SSSR count). The summed E-state index contributed by atoms with van der Waals surface area (Å²) in [5.74, 6) is 1.18. The summed E-state index contributed by atoms with van der Waals surface area (Å²) in [6.07, 6.45) is 0.377. The van der Waals surface area contributed by atoms with Gasteiger partial charge in [-0.2, -0.15) is 0 Å². The average molecular weight is 411 g/mol. The molecule has 0 fully saturated rings. The van der Waals surface area contributed by atoms with Crippen LogP contribution in [0.1, 0.15) is 22.2 Å². The Kier molecular flexibility index (Phi) is 7.01. The number of primary sulfonamides is 1. The van der Waals surface area contributed by atoms with Crippen LogP contribution in [0.25, 0.3) is 0 Å². The first-order valence-electron chi connectivity index (χ1n) is 9.88. The summed E-state index contributed by atoms with van der Waals surface area (Å²) in [7, 11) is -2.57. The lowest BCUT2D eigenvalue weighted by molar-refractivity contribution is 0.272. The number of sulfonamides is 1. The van der Waals surface area contributed by atoms with Crippen LogP contribution in [0, 0.1) is 0 Å². The van der Waals surface area contributed by atoms with Crippen molar-refractivity contribution >= 4 is 10.0 Å². The Morgan fingerprint density at radius 2 is 1.82 bits per heavy atom. The Morgan fingerprint density at radius 3 is 2.43 bits per heavy atom. The minimum atomic E-state index is -3.94. The van der Waals surface area contributed by atoms with E-state index in [1.165, 1.54) is 19.2 Å². The Hall–Kier alpha value is -2.29. The lowest BCUT2D eigenvalue weighted by Crippen LogP contribution is -2.32. The lowest BCUT2D eigenvalue weighted by atomic mass is 10.1. The Bertz CT molecular complexity index is 954. The highest BCUT2D eigenvalue weighted by atomic mass is 32.2. The molecule has 0 radical (unpaired) electrons. The third-order valence-corrected chi connectivity index (χ3v) is 4.81. The molecule has 28 heavy (non-hydrogen) atoms. The van der Waals surface area contributed by atoms with E-state index in [2.05, 4.69) is 5.32 Å². The van der Waals surface area contributed by atoms with E-state index in [4.69, 9.17) is 22.1 Å². The monoisotopic (exact) mass is 410 g/mol. The third-order valence-electron chi connectivity index (χ3n) is 3.87.